The zero-order valence-corrected chi connectivity index (χ0v) is 12.0. The van der Waals surface area contributed by atoms with Crippen LogP contribution in [-0.4, -0.2) is 11.1 Å². The van der Waals surface area contributed by atoms with Gasteiger partial charge in [-0.1, -0.05) is 41.6 Å². The first-order valence-corrected chi connectivity index (χ1v) is 7.22. The van der Waals surface area contributed by atoms with Crippen LogP contribution in [-0.2, 0) is 4.79 Å². The third kappa shape index (κ3) is 3.74. The lowest BCUT2D eigenvalue weighted by atomic mass is 9.87. The summed E-state index contributed by atoms with van der Waals surface area (Å²) in [5.74, 6) is -0.815. The van der Waals surface area contributed by atoms with Crippen molar-refractivity contribution in [2.45, 2.75) is 38.0 Å². The maximum Gasteiger partial charge on any atom is 0.328 e. The molecule has 1 N–H and O–H groups in total. The molecule has 1 atom stereocenters. The van der Waals surface area contributed by atoms with Gasteiger partial charge in [-0.2, -0.15) is 0 Å². The minimum Gasteiger partial charge on any atom is -0.478 e. The van der Waals surface area contributed by atoms with Gasteiger partial charge >= 0.3 is 5.97 Å². The van der Waals surface area contributed by atoms with Crippen molar-refractivity contribution in [2.24, 2.45) is 0 Å². The molecular weight excluding hydrogens is 283 g/mol. The summed E-state index contributed by atoms with van der Waals surface area (Å²) in [6.07, 6.45) is 6.34. The summed E-state index contributed by atoms with van der Waals surface area (Å²) in [5.41, 5.74) is 1.90. The van der Waals surface area contributed by atoms with Crippen LogP contribution in [0.25, 0.3) is 0 Å². The molecule has 0 amide bonds. The molecule has 0 heterocycles. The van der Waals surface area contributed by atoms with Crippen molar-refractivity contribution in [2.75, 3.05) is 0 Å². The van der Waals surface area contributed by atoms with Crippen molar-refractivity contribution in [3.8, 4) is 0 Å². The molecule has 2 nitrogen and oxygen atoms in total. The Morgan fingerprint density at radius 1 is 1.26 bits per heavy atom. The highest BCUT2D eigenvalue weighted by Gasteiger charge is 2.22. The van der Waals surface area contributed by atoms with Gasteiger partial charge in [-0.3, -0.25) is 0 Å². The molecule has 0 bridgehead atoms. The second-order valence-corrected chi connectivity index (χ2v) is 5.72. The number of carboxylic acid groups (broad SMARTS) is 1. The average Bonchev–Trinajstić information content (AvgIpc) is 2.57. The minimum atomic E-state index is -0.889. The lowest BCUT2D eigenvalue weighted by Gasteiger charge is -2.19. The summed E-state index contributed by atoms with van der Waals surface area (Å²) in [6.45, 7) is 0. The van der Waals surface area contributed by atoms with Crippen molar-refractivity contribution in [3.05, 3.63) is 45.5 Å². The molecule has 102 valence electrons. The van der Waals surface area contributed by atoms with Crippen molar-refractivity contribution >= 4 is 29.2 Å². The van der Waals surface area contributed by atoms with E-state index in [0.717, 1.165) is 43.2 Å². The molecule has 0 spiro atoms. The number of halogens is 2. The lowest BCUT2D eigenvalue weighted by Crippen LogP contribution is -2.04. The number of hydrogen-bond donors (Lipinski definition) is 1. The van der Waals surface area contributed by atoms with E-state index >= 15 is 0 Å². The largest absolute Gasteiger partial charge is 0.478 e. The summed E-state index contributed by atoms with van der Waals surface area (Å²) >= 11 is 12.3. The van der Waals surface area contributed by atoms with E-state index in [1.54, 1.807) is 12.1 Å². The van der Waals surface area contributed by atoms with Gasteiger partial charge in [-0.05, 0) is 43.0 Å². The van der Waals surface area contributed by atoms with Crippen molar-refractivity contribution in [1.82, 2.24) is 0 Å². The van der Waals surface area contributed by atoms with Crippen LogP contribution in [0.3, 0.4) is 0 Å². The van der Waals surface area contributed by atoms with E-state index < -0.39 is 5.97 Å². The monoisotopic (exact) mass is 298 g/mol. The van der Waals surface area contributed by atoms with Gasteiger partial charge in [-0.25, -0.2) is 4.79 Å². The number of hydrogen-bond acceptors (Lipinski definition) is 1. The molecular formula is C15H16Cl2O2. The molecule has 0 aromatic heterocycles. The summed E-state index contributed by atoms with van der Waals surface area (Å²) in [5, 5.41) is 10.3. The molecule has 1 aliphatic carbocycles. The quantitative estimate of drug-likeness (QED) is 0.612. The zero-order valence-electron chi connectivity index (χ0n) is 10.5. The first kappa shape index (κ1) is 14.4. The highest BCUT2D eigenvalue weighted by Crippen LogP contribution is 2.39. The summed E-state index contributed by atoms with van der Waals surface area (Å²) < 4.78 is 0. The Labute approximate surface area is 123 Å². The van der Waals surface area contributed by atoms with Crippen LogP contribution in [0.15, 0.2) is 29.8 Å². The molecule has 1 unspecified atom stereocenters. The van der Waals surface area contributed by atoms with Gasteiger partial charge in [0.15, 0.2) is 0 Å². The van der Waals surface area contributed by atoms with Gasteiger partial charge in [0.2, 0.25) is 0 Å². The van der Waals surface area contributed by atoms with Crippen LogP contribution in [0.4, 0.5) is 0 Å². The summed E-state index contributed by atoms with van der Waals surface area (Å²) in [4.78, 5) is 11.0. The standard InChI is InChI=1S/C15H16Cl2O2/c16-11-6-7-14(17)13(9-11)12-5-3-1-2-4-10(12)8-15(18)19/h6-9,12H,1-5H2,(H,18,19)/b10-8+. The van der Waals surface area contributed by atoms with Crippen molar-refractivity contribution in [3.63, 3.8) is 0 Å². The van der Waals surface area contributed by atoms with Crippen LogP contribution >= 0.6 is 23.2 Å². The number of carboxylic acids is 1. The van der Waals surface area contributed by atoms with Crippen LogP contribution in [0, 0.1) is 0 Å². The molecule has 0 radical (unpaired) electrons. The maximum atomic E-state index is 11.0. The second kappa shape index (κ2) is 6.44. The number of rotatable bonds is 2. The van der Waals surface area contributed by atoms with E-state index in [9.17, 15) is 4.79 Å². The SMILES string of the molecule is O=C(O)/C=C1\CCCCCC1c1cc(Cl)ccc1Cl. The second-order valence-electron chi connectivity index (χ2n) is 4.88. The van der Waals surface area contributed by atoms with Crippen molar-refractivity contribution < 1.29 is 9.90 Å². The van der Waals surface area contributed by atoms with Crippen LogP contribution < -0.4 is 0 Å². The molecule has 1 aromatic carbocycles. The minimum absolute atomic E-state index is 0.0739. The van der Waals surface area contributed by atoms with Gasteiger partial charge in [0.25, 0.3) is 0 Å². The average molecular weight is 299 g/mol. The summed E-state index contributed by atoms with van der Waals surface area (Å²) in [6, 6.07) is 5.39. The Kier molecular flexibility index (Phi) is 4.89. The Morgan fingerprint density at radius 3 is 2.79 bits per heavy atom. The molecule has 1 saturated carbocycles. The van der Waals surface area contributed by atoms with Gasteiger partial charge in [0, 0.05) is 22.0 Å². The lowest BCUT2D eigenvalue weighted by molar-refractivity contribution is -0.131. The van der Waals surface area contributed by atoms with Crippen LogP contribution in [0.5, 0.6) is 0 Å². The van der Waals surface area contributed by atoms with E-state index in [1.807, 2.05) is 6.07 Å². The van der Waals surface area contributed by atoms with Gasteiger partial charge in [0.05, 0.1) is 0 Å². The molecule has 19 heavy (non-hydrogen) atoms. The first-order chi connectivity index (χ1) is 9.08. The zero-order chi connectivity index (χ0) is 13.8. The molecule has 1 aromatic rings. The highest BCUT2D eigenvalue weighted by molar-refractivity contribution is 6.33. The van der Waals surface area contributed by atoms with E-state index in [2.05, 4.69) is 0 Å². The smallest absolute Gasteiger partial charge is 0.328 e. The van der Waals surface area contributed by atoms with Crippen LogP contribution in [0.1, 0.15) is 43.6 Å². The number of aliphatic carboxylic acids is 1. The van der Waals surface area contributed by atoms with Gasteiger partial charge in [-0.15, -0.1) is 0 Å². The fourth-order valence-corrected chi connectivity index (χ4v) is 3.11. The molecule has 4 heteroatoms. The van der Waals surface area contributed by atoms with E-state index in [-0.39, 0.29) is 5.92 Å². The molecule has 0 aliphatic heterocycles. The van der Waals surface area contributed by atoms with Gasteiger partial charge < -0.3 is 5.11 Å². The fraction of sp³-hybridized carbons (Fsp3) is 0.400. The summed E-state index contributed by atoms with van der Waals surface area (Å²) in [7, 11) is 0. The number of allylic oxidation sites excluding steroid dienone is 1. The van der Waals surface area contributed by atoms with E-state index in [4.69, 9.17) is 28.3 Å². The molecule has 0 saturated heterocycles. The molecule has 1 fully saturated rings. The topological polar surface area (TPSA) is 37.3 Å². The Hall–Kier alpha value is -0.990. The Morgan fingerprint density at radius 2 is 2.05 bits per heavy atom. The maximum absolute atomic E-state index is 11.0. The van der Waals surface area contributed by atoms with Crippen molar-refractivity contribution in [1.29, 1.82) is 0 Å². The molecule has 2 rings (SSSR count). The predicted molar refractivity (Wildman–Crippen MR) is 78.0 cm³/mol. The Balaban J connectivity index is 2.42. The number of carbonyl (C=O) groups is 1. The normalized spacial score (nSPS) is 22.2. The van der Waals surface area contributed by atoms with Gasteiger partial charge in [0.1, 0.15) is 0 Å². The number of benzene rings is 1. The highest BCUT2D eigenvalue weighted by atomic mass is 35.5. The van der Waals surface area contributed by atoms with Crippen LogP contribution in [0.2, 0.25) is 10.0 Å². The molecule has 1 aliphatic rings. The fourth-order valence-electron chi connectivity index (χ4n) is 2.68. The van der Waals surface area contributed by atoms with E-state index in [0.29, 0.717) is 10.0 Å². The third-order valence-electron chi connectivity index (χ3n) is 3.55. The van der Waals surface area contributed by atoms with E-state index in [1.165, 1.54) is 6.08 Å². The predicted octanol–water partition coefficient (Wildman–Crippen LogP) is 5.05. The third-order valence-corrected chi connectivity index (χ3v) is 4.13. The Bertz CT molecular complexity index is 509. The first-order valence-electron chi connectivity index (χ1n) is 6.46.